The lowest BCUT2D eigenvalue weighted by molar-refractivity contribution is -0.384. The Bertz CT molecular complexity index is 1140. The van der Waals surface area contributed by atoms with Crippen LogP contribution < -0.4 is 5.32 Å². The van der Waals surface area contributed by atoms with Crippen molar-refractivity contribution in [1.82, 2.24) is 19.9 Å². The number of hydrogen-bond acceptors (Lipinski definition) is 7. The highest BCUT2D eigenvalue weighted by Gasteiger charge is 2.09. The Balaban J connectivity index is 1.64. The van der Waals surface area contributed by atoms with Gasteiger partial charge in [-0.3, -0.25) is 15.4 Å². The number of benzene rings is 2. The molecule has 1 N–H and O–H groups in total. The molecular weight excluding hydrogens is 344 g/mol. The summed E-state index contributed by atoms with van der Waals surface area (Å²) in [4.78, 5) is 27.9. The minimum atomic E-state index is -0.434. The van der Waals surface area contributed by atoms with Gasteiger partial charge >= 0.3 is 0 Å². The number of rotatable bonds is 4. The van der Waals surface area contributed by atoms with E-state index in [2.05, 4.69) is 25.3 Å². The predicted octanol–water partition coefficient (Wildman–Crippen LogP) is 4.05. The molecule has 4 rings (SSSR count). The van der Waals surface area contributed by atoms with Gasteiger partial charge in [-0.1, -0.05) is 18.2 Å². The second kappa shape index (κ2) is 6.75. The molecule has 2 aromatic carbocycles. The summed E-state index contributed by atoms with van der Waals surface area (Å²) in [5.41, 5.74) is 3.11. The third-order valence-corrected chi connectivity index (χ3v) is 4.05. The molecule has 0 aliphatic heterocycles. The molecule has 0 aliphatic carbocycles. The van der Waals surface area contributed by atoms with Crippen LogP contribution in [0.5, 0.6) is 0 Å². The number of aryl methyl sites for hydroxylation is 1. The van der Waals surface area contributed by atoms with Crippen molar-refractivity contribution < 1.29 is 4.92 Å². The SMILES string of the molecule is Cc1nc(Nc2nccc(-c3ccc([N+](=O)[O-])cc3)n2)nc2ccccc12. The van der Waals surface area contributed by atoms with Crippen molar-refractivity contribution in [3.8, 4) is 11.3 Å². The minimum absolute atomic E-state index is 0.0335. The van der Waals surface area contributed by atoms with Gasteiger partial charge in [0.05, 0.1) is 21.8 Å². The molecule has 0 saturated heterocycles. The number of nitro benzene ring substituents is 1. The molecular formula is C19H14N6O2. The van der Waals surface area contributed by atoms with Crippen LogP contribution in [0.2, 0.25) is 0 Å². The minimum Gasteiger partial charge on any atom is -0.293 e. The van der Waals surface area contributed by atoms with Crippen LogP contribution in [-0.4, -0.2) is 24.9 Å². The molecule has 0 amide bonds. The fourth-order valence-corrected chi connectivity index (χ4v) is 2.72. The Hall–Kier alpha value is -3.94. The molecule has 8 heteroatoms. The van der Waals surface area contributed by atoms with Crippen LogP contribution in [0.25, 0.3) is 22.2 Å². The van der Waals surface area contributed by atoms with Crippen LogP contribution in [0.4, 0.5) is 17.6 Å². The van der Waals surface area contributed by atoms with Gasteiger partial charge in [0.1, 0.15) is 0 Å². The van der Waals surface area contributed by atoms with E-state index >= 15 is 0 Å². The Kier molecular flexibility index (Phi) is 4.13. The first-order valence-corrected chi connectivity index (χ1v) is 8.18. The number of hydrogen-bond donors (Lipinski definition) is 1. The molecule has 0 aliphatic rings. The van der Waals surface area contributed by atoms with Crippen molar-refractivity contribution in [1.29, 1.82) is 0 Å². The number of aromatic nitrogens is 4. The predicted molar refractivity (Wildman–Crippen MR) is 102 cm³/mol. The van der Waals surface area contributed by atoms with Gasteiger partial charge in [0.25, 0.3) is 5.69 Å². The van der Waals surface area contributed by atoms with E-state index in [0.29, 0.717) is 17.6 Å². The van der Waals surface area contributed by atoms with E-state index in [1.165, 1.54) is 12.1 Å². The molecule has 2 aromatic heterocycles. The van der Waals surface area contributed by atoms with Crippen LogP contribution in [0, 0.1) is 17.0 Å². The van der Waals surface area contributed by atoms with Crippen LogP contribution in [0.1, 0.15) is 5.69 Å². The van der Waals surface area contributed by atoms with E-state index in [4.69, 9.17) is 0 Å². The van der Waals surface area contributed by atoms with Gasteiger partial charge in [0, 0.05) is 29.3 Å². The number of anilines is 2. The van der Waals surface area contributed by atoms with Gasteiger partial charge in [-0.25, -0.2) is 19.9 Å². The van der Waals surface area contributed by atoms with Crippen molar-refractivity contribution >= 4 is 28.5 Å². The van der Waals surface area contributed by atoms with Crippen LogP contribution >= 0.6 is 0 Å². The van der Waals surface area contributed by atoms with Crippen molar-refractivity contribution in [3.05, 3.63) is 76.6 Å². The Morgan fingerprint density at radius 1 is 0.926 bits per heavy atom. The zero-order valence-electron chi connectivity index (χ0n) is 14.3. The van der Waals surface area contributed by atoms with E-state index in [0.717, 1.165) is 22.2 Å². The molecule has 0 saturated carbocycles. The fourth-order valence-electron chi connectivity index (χ4n) is 2.72. The monoisotopic (exact) mass is 358 g/mol. The highest BCUT2D eigenvalue weighted by atomic mass is 16.6. The zero-order valence-corrected chi connectivity index (χ0v) is 14.3. The van der Waals surface area contributed by atoms with Crippen LogP contribution in [-0.2, 0) is 0 Å². The lowest BCUT2D eigenvalue weighted by Gasteiger charge is -2.08. The Morgan fingerprint density at radius 3 is 2.48 bits per heavy atom. The number of nitrogens with zero attached hydrogens (tertiary/aromatic N) is 5. The second-order valence-corrected chi connectivity index (χ2v) is 5.84. The van der Waals surface area contributed by atoms with E-state index in [9.17, 15) is 10.1 Å². The summed E-state index contributed by atoms with van der Waals surface area (Å²) < 4.78 is 0. The maximum absolute atomic E-state index is 10.8. The van der Waals surface area contributed by atoms with E-state index in [-0.39, 0.29) is 5.69 Å². The largest absolute Gasteiger partial charge is 0.293 e. The lowest BCUT2D eigenvalue weighted by Crippen LogP contribution is -2.03. The fraction of sp³-hybridized carbons (Fsp3) is 0.0526. The van der Waals surface area contributed by atoms with Gasteiger partial charge in [-0.2, -0.15) is 0 Å². The maximum atomic E-state index is 10.8. The first-order chi connectivity index (χ1) is 13.1. The average Bonchev–Trinajstić information content (AvgIpc) is 2.68. The van der Waals surface area contributed by atoms with Gasteiger partial charge in [-0.05, 0) is 31.2 Å². The normalized spacial score (nSPS) is 10.7. The highest BCUT2D eigenvalue weighted by Crippen LogP contribution is 2.22. The summed E-state index contributed by atoms with van der Waals surface area (Å²) in [6, 6.07) is 15.7. The van der Waals surface area contributed by atoms with Gasteiger partial charge < -0.3 is 0 Å². The van der Waals surface area contributed by atoms with E-state index in [1.54, 1.807) is 24.4 Å². The van der Waals surface area contributed by atoms with Gasteiger partial charge in [0.15, 0.2) is 0 Å². The Morgan fingerprint density at radius 2 is 1.70 bits per heavy atom. The van der Waals surface area contributed by atoms with Crippen molar-refractivity contribution in [2.45, 2.75) is 6.92 Å². The number of fused-ring (bicyclic) bond motifs is 1. The molecule has 132 valence electrons. The van der Waals surface area contributed by atoms with Gasteiger partial charge in [-0.15, -0.1) is 0 Å². The zero-order chi connectivity index (χ0) is 18.8. The van der Waals surface area contributed by atoms with Crippen LogP contribution in [0.15, 0.2) is 60.8 Å². The third-order valence-electron chi connectivity index (χ3n) is 4.05. The molecule has 4 aromatic rings. The summed E-state index contributed by atoms with van der Waals surface area (Å²) >= 11 is 0. The topological polar surface area (TPSA) is 107 Å². The quantitative estimate of drug-likeness (QED) is 0.433. The number of para-hydroxylation sites is 1. The second-order valence-electron chi connectivity index (χ2n) is 5.84. The average molecular weight is 358 g/mol. The van der Waals surface area contributed by atoms with E-state index in [1.807, 2.05) is 31.2 Å². The first-order valence-electron chi connectivity index (χ1n) is 8.18. The summed E-state index contributed by atoms with van der Waals surface area (Å²) in [5, 5.41) is 14.8. The number of nitro groups is 1. The van der Waals surface area contributed by atoms with Crippen LogP contribution in [0.3, 0.4) is 0 Å². The van der Waals surface area contributed by atoms with Crippen molar-refractivity contribution in [2.24, 2.45) is 0 Å². The molecule has 8 nitrogen and oxygen atoms in total. The summed E-state index contributed by atoms with van der Waals surface area (Å²) in [5.74, 6) is 0.757. The van der Waals surface area contributed by atoms with Gasteiger partial charge in [0.2, 0.25) is 11.9 Å². The summed E-state index contributed by atoms with van der Waals surface area (Å²) in [7, 11) is 0. The van der Waals surface area contributed by atoms with E-state index < -0.39 is 4.92 Å². The number of nitrogens with one attached hydrogen (secondary N) is 1. The number of non-ortho nitro benzene ring substituents is 1. The third kappa shape index (κ3) is 3.40. The Labute approximate surface area is 154 Å². The van der Waals surface area contributed by atoms with Crippen molar-refractivity contribution in [3.63, 3.8) is 0 Å². The molecule has 0 atom stereocenters. The molecule has 27 heavy (non-hydrogen) atoms. The molecule has 0 bridgehead atoms. The molecule has 2 heterocycles. The summed E-state index contributed by atoms with van der Waals surface area (Å²) in [6.45, 7) is 1.92. The lowest BCUT2D eigenvalue weighted by atomic mass is 10.1. The molecule has 0 unspecified atom stereocenters. The highest BCUT2D eigenvalue weighted by molar-refractivity contribution is 5.81. The smallest absolute Gasteiger partial charge is 0.269 e. The molecule has 0 spiro atoms. The standard InChI is InChI=1S/C19H14N6O2/c1-12-15-4-2-3-5-17(15)23-19(21-12)24-18-20-11-10-16(22-18)13-6-8-14(9-7-13)25(26)27/h2-11H,1H3,(H,20,21,22,23,24). The summed E-state index contributed by atoms with van der Waals surface area (Å²) in [6.07, 6.45) is 1.61. The first kappa shape index (κ1) is 16.5. The maximum Gasteiger partial charge on any atom is 0.269 e. The van der Waals surface area contributed by atoms with Crippen molar-refractivity contribution in [2.75, 3.05) is 5.32 Å². The molecule has 0 fully saturated rings. The molecule has 0 radical (unpaired) electrons.